The summed E-state index contributed by atoms with van der Waals surface area (Å²) in [6.45, 7) is 4.22. The lowest BCUT2D eigenvalue weighted by molar-refractivity contribution is -0.132. The highest BCUT2D eigenvalue weighted by Gasteiger charge is 2.31. The molecule has 40 heavy (non-hydrogen) atoms. The minimum absolute atomic E-state index is 0.140. The first kappa shape index (κ1) is 26.8. The fourth-order valence-electron chi connectivity index (χ4n) is 3.91. The third-order valence-corrected chi connectivity index (χ3v) is 6.76. The molecule has 0 saturated carbocycles. The molecule has 0 bridgehead atoms. The Morgan fingerprint density at radius 1 is 1.12 bits per heavy atom. The van der Waals surface area contributed by atoms with Gasteiger partial charge in [0.15, 0.2) is 11.2 Å². The standard InChI is InChI=1S/C27H25N5O7S/c1-4-36-26(35)22-14-28-27(40-22)29-23(33)17-11-19(13-20(12-17)39-21-9-10-32(3)25(21)34)38-18-7-5-16(6-8-18)24-31-30-15(2)37-24/h5-8,11-14,21H,4,9-10H2,1-3H3,(H,28,29,33)/t21-/m0/s1. The number of rotatable bonds is 9. The van der Waals surface area contributed by atoms with Crippen molar-refractivity contribution >= 4 is 34.3 Å². The molecule has 13 heteroatoms. The van der Waals surface area contributed by atoms with Crippen LogP contribution in [-0.4, -0.2) is 64.2 Å². The quantitative estimate of drug-likeness (QED) is 0.292. The Bertz CT molecular complexity index is 1550. The summed E-state index contributed by atoms with van der Waals surface area (Å²) in [7, 11) is 1.71. The van der Waals surface area contributed by atoms with Crippen LogP contribution in [0.15, 0.2) is 53.1 Å². The molecular weight excluding hydrogens is 538 g/mol. The van der Waals surface area contributed by atoms with Crippen molar-refractivity contribution in [1.82, 2.24) is 20.1 Å². The Labute approximate surface area is 232 Å². The number of likely N-dealkylation sites (N-methyl/N-ethyl adjacent to an activating group) is 1. The van der Waals surface area contributed by atoms with E-state index in [4.69, 9.17) is 18.6 Å². The molecule has 1 N–H and O–H groups in total. The number of anilines is 1. The molecule has 5 rings (SSSR count). The first-order valence-corrected chi connectivity index (χ1v) is 13.2. The van der Waals surface area contributed by atoms with Gasteiger partial charge in [-0.25, -0.2) is 9.78 Å². The maximum atomic E-state index is 13.2. The van der Waals surface area contributed by atoms with Gasteiger partial charge < -0.3 is 23.5 Å². The number of aryl methyl sites for hydroxylation is 1. The van der Waals surface area contributed by atoms with Crippen LogP contribution in [0.4, 0.5) is 5.13 Å². The van der Waals surface area contributed by atoms with Gasteiger partial charge in [-0.1, -0.05) is 11.3 Å². The van der Waals surface area contributed by atoms with Crippen LogP contribution >= 0.6 is 11.3 Å². The topological polar surface area (TPSA) is 146 Å². The number of aromatic nitrogens is 3. The van der Waals surface area contributed by atoms with Crippen LogP contribution in [-0.2, 0) is 9.53 Å². The monoisotopic (exact) mass is 563 g/mol. The Morgan fingerprint density at radius 2 is 1.90 bits per heavy atom. The molecule has 0 unspecified atom stereocenters. The number of ether oxygens (including phenoxy) is 3. The van der Waals surface area contributed by atoms with E-state index >= 15 is 0 Å². The molecule has 2 amide bonds. The molecule has 2 aromatic carbocycles. The minimum atomic E-state index is -0.667. The second kappa shape index (κ2) is 11.5. The van der Waals surface area contributed by atoms with Crippen LogP contribution in [0.3, 0.4) is 0 Å². The van der Waals surface area contributed by atoms with Gasteiger partial charge in [0.1, 0.15) is 22.1 Å². The molecule has 3 heterocycles. The van der Waals surface area contributed by atoms with E-state index in [-0.39, 0.29) is 28.1 Å². The summed E-state index contributed by atoms with van der Waals surface area (Å²) in [4.78, 5) is 43.5. The number of likely N-dealkylation sites (tertiary alicyclic amines) is 1. The van der Waals surface area contributed by atoms with Crippen LogP contribution in [0.2, 0.25) is 0 Å². The van der Waals surface area contributed by atoms with Crippen molar-refractivity contribution in [2.24, 2.45) is 0 Å². The van der Waals surface area contributed by atoms with E-state index in [1.165, 1.54) is 12.3 Å². The largest absolute Gasteiger partial charge is 0.480 e. The lowest BCUT2D eigenvalue weighted by atomic mass is 10.1. The molecule has 12 nitrogen and oxygen atoms in total. The lowest BCUT2D eigenvalue weighted by Gasteiger charge is -2.15. The summed E-state index contributed by atoms with van der Waals surface area (Å²) in [6, 6.07) is 11.7. The van der Waals surface area contributed by atoms with Gasteiger partial charge >= 0.3 is 5.97 Å². The van der Waals surface area contributed by atoms with Crippen molar-refractivity contribution in [3.8, 4) is 28.7 Å². The van der Waals surface area contributed by atoms with E-state index in [9.17, 15) is 14.4 Å². The van der Waals surface area contributed by atoms with E-state index in [1.807, 2.05) is 0 Å². The molecule has 2 aromatic heterocycles. The van der Waals surface area contributed by atoms with Gasteiger partial charge in [0.05, 0.1) is 12.8 Å². The maximum Gasteiger partial charge on any atom is 0.350 e. The van der Waals surface area contributed by atoms with Crippen LogP contribution in [0.25, 0.3) is 11.5 Å². The van der Waals surface area contributed by atoms with Gasteiger partial charge in [-0.2, -0.15) is 0 Å². The number of nitrogens with one attached hydrogen (secondary N) is 1. The summed E-state index contributed by atoms with van der Waals surface area (Å²) in [5, 5.41) is 10.7. The Balaban J connectivity index is 1.38. The number of thiazole rings is 1. The number of hydrogen-bond acceptors (Lipinski definition) is 11. The van der Waals surface area contributed by atoms with Crippen molar-refractivity contribution < 1.29 is 33.0 Å². The average molecular weight is 564 g/mol. The molecule has 1 atom stereocenters. The maximum absolute atomic E-state index is 13.2. The first-order valence-electron chi connectivity index (χ1n) is 12.4. The Hall–Kier alpha value is -4.78. The molecule has 1 saturated heterocycles. The third kappa shape index (κ3) is 6.10. The van der Waals surface area contributed by atoms with Gasteiger partial charge in [0, 0.05) is 44.1 Å². The minimum Gasteiger partial charge on any atom is -0.480 e. The molecule has 0 radical (unpaired) electrons. The molecule has 0 spiro atoms. The molecule has 1 aliphatic heterocycles. The number of hydrogen-bond donors (Lipinski definition) is 1. The number of esters is 1. The fourth-order valence-corrected chi connectivity index (χ4v) is 4.61. The van der Waals surface area contributed by atoms with E-state index < -0.39 is 18.0 Å². The highest BCUT2D eigenvalue weighted by molar-refractivity contribution is 7.17. The van der Waals surface area contributed by atoms with Crippen LogP contribution in [0, 0.1) is 6.92 Å². The predicted octanol–water partition coefficient (Wildman–Crippen LogP) is 4.33. The lowest BCUT2D eigenvalue weighted by Crippen LogP contribution is -2.29. The summed E-state index contributed by atoms with van der Waals surface area (Å²) in [5.41, 5.74) is 0.928. The van der Waals surface area contributed by atoms with Crippen LogP contribution < -0.4 is 14.8 Å². The van der Waals surface area contributed by atoms with E-state index in [0.717, 1.165) is 16.9 Å². The molecule has 1 aliphatic rings. The fraction of sp³-hybridized carbons (Fsp3) is 0.259. The summed E-state index contributed by atoms with van der Waals surface area (Å²) in [6.07, 6.45) is 1.20. The van der Waals surface area contributed by atoms with Gasteiger partial charge in [-0.3, -0.25) is 14.9 Å². The molecule has 1 fully saturated rings. The van der Waals surface area contributed by atoms with Gasteiger partial charge in [-0.05, 0) is 43.3 Å². The van der Waals surface area contributed by atoms with E-state index in [0.29, 0.717) is 42.0 Å². The number of benzene rings is 2. The SMILES string of the molecule is CCOC(=O)c1cnc(NC(=O)c2cc(Oc3ccc(-c4nnc(C)o4)cc3)cc(O[C@H]3CCN(C)C3=O)c2)s1. The summed E-state index contributed by atoms with van der Waals surface area (Å²) < 4.78 is 22.4. The van der Waals surface area contributed by atoms with Crippen molar-refractivity contribution in [2.45, 2.75) is 26.4 Å². The van der Waals surface area contributed by atoms with E-state index in [1.54, 1.807) is 62.2 Å². The molecule has 206 valence electrons. The Kier molecular flexibility index (Phi) is 7.73. The van der Waals surface area contributed by atoms with Gasteiger partial charge in [-0.15, -0.1) is 10.2 Å². The van der Waals surface area contributed by atoms with Crippen molar-refractivity contribution in [2.75, 3.05) is 25.5 Å². The van der Waals surface area contributed by atoms with Crippen molar-refractivity contribution in [3.63, 3.8) is 0 Å². The van der Waals surface area contributed by atoms with Crippen LogP contribution in [0.1, 0.15) is 39.3 Å². The normalized spacial score (nSPS) is 14.7. The third-order valence-electron chi connectivity index (χ3n) is 5.86. The van der Waals surface area contributed by atoms with Crippen molar-refractivity contribution in [1.29, 1.82) is 0 Å². The average Bonchev–Trinajstić information content (AvgIpc) is 3.67. The molecule has 4 aromatic rings. The number of carbonyl (C=O) groups is 3. The smallest absolute Gasteiger partial charge is 0.350 e. The Morgan fingerprint density at radius 3 is 2.58 bits per heavy atom. The van der Waals surface area contributed by atoms with Gasteiger partial charge in [0.2, 0.25) is 11.8 Å². The first-order chi connectivity index (χ1) is 19.3. The number of nitrogens with zero attached hydrogens (tertiary/aromatic N) is 4. The second-order valence-corrected chi connectivity index (χ2v) is 9.84. The highest BCUT2D eigenvalue weighted by atomic mass is 32.1. The zero-order valence-electron chi connectivity index (χ0n) is 21.9. The number of carbonyl (C=O) groups excluding carboxylic acids is 3. The van der Waals surface area contributed by atoms with Crippen LogP contribution in [0.5, 0.6) is 17.2 Å². The molecular formula is C27H25N5O7S. The number of amides is 2. The predicted molar refractivity (Wildman–Crippen MR) is 144 cm³/mol. The molecule has 0 aliphatic carbocycles. The summed E-state index contributed by atoms with van der Waals surface area (Å²) >= 11 is 0.995. The zero-order valence-corrected chi connectivity index (χ0v) is 22.7. The second-order valence-electron chi connectivity index (χ2n) is 8.80. The summed E-state index contributed by atoms with van der Waals surface area (Å²) in [5.74, 6) is 0.778. The highest BCUT2D eigenvalue weighted by Crippen LogP contribution is 2.31. The zero-order chi connectivity index (χ0) is 28.2. The van der Waals surface area contributed by atoms with Gasteiger partial charge in [0.25, 0.3) is 11.8 Å². The van der Waals surface area contributed by atoms with E-state index in [2.05, 4.69) is 20.5 Å². The van der Waals surface area contributed by atoms with Crippen molar-refractivity contribution in [3.05, 3.63) is 65.0 Å².